The third kappa shape index (κ3) is 2.88. The fraction of sp³-hybridized carbons (Fsp3) is 0.231. The van der Waals surface area contributed by atoms with Gasteiger partial charge in [-0.2, -0.15) is 5.10 Å². The van der Waals surface area contributed by atoms with Crippen LogP contribution in [0.25, 0.3) is 0 Å². The number of nitrogens with two attached hydrogens (primary N) is 1. The van der Waals surface area contributed by atoms with E-state index in [9.17, 15) is 0 Å². The van der Waals surface area contributed by atoms with E-state index >= 15 is 0 Å². The minimum absolute atomic E-state index is 0.0481. The summed E-state index contributed by atoms with van der Waals surface area (Å²) in [4.78, 5) is 0. The van der Waals surface area contributed by atoms with Crippen molar-refractivity contribution in [1.82, 2.24) is 9.78 Å². The standard InChI is InChI=1S/C13H16N4O/c1-10-3-4-11(13(14)15)9-12(10)18-8-7-17-6-2-5-16-17/h2-6,9H,7-8H2,1H3,(H3,14,15). The van der Waals surface area contributed by atoms with Gasteiger partial charge in [0.05, 0.1) is 6.54 Å². The Kier molecular flexibility index (Phi) is 3.62. The summed E-state index contributed by atoms with van der Waals surface area (Å²) in [6.07, 6.45) is 3.63. The second-order valence-electron chi connectivity index (χ2n) is 4.01. The second kappa shape index (κ2) is 5.35. The summed E-state index contributed by atoms with van der Waals surface area (Å²) in [5.41, 5.74) is 7.16. The van der Waals surface area contributed by atoms with Gasteiger partial charge in [0.15, 0.2) is 0 Å². The number of hydrogen-bond donors (Lipinski definition) is 2. The molecule has 1 aromatic carbocycles. The van der Waals surface area contributed by atoms with E-state index in [4.69, 9.17) is 15.9 Å². The number of rotatable bonds is 5. The molecular formula is C13H16N4O. The number of aryl methyl sites for hydroxylation is 1. The van der Waals surface area contributed by atoms with E-state index in [0.717, 1.165) is 11.3 Å². The Bertz CT molecular complexity index is 534. The van der Waals surface area contributed by atoms with Crippen molar-refractivity contribution in [2.75, 3.05) is 6.61 Å². The Labute approximate surface area is 106 Å². The zero-order valence-electron chi connectivity index (χ0n) is 10.3. The van der Waals surface area contributed by atoms with E-state index in [-0.39, 0.29) is 5.84 Å². The van der Waals surface area contributed by atoms with Crippen molar-refractivity contribution in [3.63, 3.8) is 0 Å². The van der Waals surface area contributed by atoms with Gasteiger partial charge in [-0.25, -0.2) is 0 Å². The van der Waals surface area contributed by atoms with Crippen LogP contribution in [0.4, 0.5) is 0 Å². The van der Waals surface area contributed by atoms with Crippen LogP contribution in [-0.2, 0) is 6.54 Å². The van der Waals surface area contributed by atoms with E-state index in [0.29, 0.717) is 18.7 Å². The topological polar surface area (TPSA) is 76.9 Å². The van der Waals surface area contributed by atoms with Gasteiger partial charge in [0.1, 0.15) is 18.2 Å². The smallest absolute Gasteiger partial charge is 0.123 e. The Morgan fingerprint density at radius 2 is 2.33 bits per heavy atom. The molecule has 0 atom stereocenters. The van der Waals surface area contributed by atoms with Gasteiger partial charge >= 0.3 is 0 Å². The molecule has 0 spiro atoms. The van der Waals surface area contributed by atoms with Crippen LogP contribution in [0.15, 0.2) is 36.7 Å². The van der Waals surface area contributed by atoms with E-state index < -0.39 is 0 Å². The molecule has 0 aliphatic rings. The summed E-state index contributed by atoms with van der Waals surface area (Å²) in [6.45, 7) is 3.19. The Balaban J connectivity index is 2.00. The Morgan fingerprint density at radius 1 is 1.50 bits per heavy atom. The van der Waals surface area contributed by atoms with Gasteiger partial charge < -0.3 is 10.5 Å². The molecule has 5 nitrogen and oxygen atoms in total. The van der Waals surface area contributed by atoms with Gasteiger partial charge in [-0.3, -0.25) is 10.1 Å². The summed E-state index contributed by atoms with van der Waals surface area (Å²) < 4.78 is 7.50. The van der Waals surface area contributed by atoms with E-state index in [1.807, 2.05) is 36.0 Å². The Morgan fingerprint density at radius 3 is 3.00 bits per heavy atom. The number of aromatic nitrogens is 2. The SMILES string of the molecule is Cc1ccc(C(=N)N)cc1OCCn1cccn1. The maximum atomic E-state index is 7.40. The van der Waals surface area contributed by atoms with Gasteiger partial charge in [-0.15, -0.1) is 0 Å². The van der Waals surface area contributed by atoms with Crippen LogP contribution >= 0.6 is 0 Å². The van der Waals surface area contributed by atoms with Gasteiger partial charge in [0.2, 0.25) is 0 Å². The normalized spacial score (nSPS) is 10.3. The first-order valence-electron chi connectivity index (χ1n) is 5.72. The van der Waals surface area contributed by atoms with Gasteiger partial charge in [-0.05, 0) is 24.6 Å². The fourth-order valence-corrected chi connectivity index (χ4v) is 1.60. The lowest BCUT2D eigenvalue weighted by Crippen LogP contribution is -2.12. The summed E-state index contributed by atoms with van der Waals surface area (Å²) in [5.74, 6) is 0.807. The molecule has 18 heavy (non-hydrogen) atoms. The van der Waals surface area contributed by atoms with Gasteiger partial charge in [0.25, 0.3) is 0 Å². The highest BCUT2D eigenvalue weighted by Crippen LogP contribution is 2.19. The van der Waals surface area contributed by atoms with Crippen LogP contribution in [0, 0.1) is 12.3 Å². The Hall–Kier alpha value is -2.30. The number of nitrogen functional groups attached to an aromatic ring is 1. The predicted molar refractivity (Wildman–Crippen MR) is 69.9 cm³/mol. The molecule has 2 aromatic rings. The van der Waals surface area contributed by atoms with Crippen LogP contribution < -0.4 is 10.5 Å². The zero-order valence-corrected chi connectivity index (χ0v) is 10.3. The van der Waals surface area contributed by atoms with Crippen LogP contribution in [-0.4, -0.2) is 22.2 Å². The molecule has 94 valence electrons. The molecule has 0 saturated carbocycles. The number of hydrogen-bond acceptors (Lipinski definition) is 3. The number of benzene rings is 1. The van der Waals surface area contributed by atoms with Crippen LogP contribution in [0.1, 0.15) is 11.1 Å². The molecule has 0 saturated heterocycles. The third-order valence-electron chi connectivity index (χ3n) is 2.64. The molecule has 3 N–H and O–H groups in total. The molecule has 2 rings (SSSR count). The van der Waals surface area contributed by atoms with E-state index in [2.05, 4.69) is 5.10 Å². The fourth-order valence-electron chi connectivity index (χ4n) is 1.60. The van der Waals surface area contributed by atoms with E-state index in [1.165, 1.54) is 0 Å². The maximum absolute atomic E-state index is 7.40. The van der Waals surface area contributed by atoms with Crippen molar-refractivity contribution >= 4 is 5.84 Å². The molecule has 0 aliphatic carbocycles. The molecule has 0 amide bonds. The molecular weight excluding hydrogens is 228 g/mol. The quantitative estimate of drug-likeness (QED) is 0.619. The monoisotopic (exact) mass is 244 g/mol. The van der Waals surface area contributed by atoms with Crippen LogP contribution in [0.5, 0.6) is 5.75 Å². The lowest BCUT2D eigenvalue weighted by Gasteiger charge is -2.10. The predicted octanol–water partition coefficient (Wildman–Crippen LogP) is 1.55. The lowest BCUT2D eigenvalue weighted by molar-refractivity contribution is 0.289. The summed E-state index contributed by atoms with van der Waals surface area (Å²) in [6, 6.07) is 7.39. The minimum Gasteiger partial charge on any atom is -0.491 e. The van der Waals surface area contributed by atoms with Crippen molar-refractivity contribution in [2.24, 2.45) is 5.73 Å². The first kappa shape index (κ1) is 12.2. The number of ether oxygens (including phenoxy) is 1. The minimum atomic E-state index is 0.0481. The molecule has 0 unspecified atom stereocenters. The highest BCUT2D eigenvalue weighted by Gasteiger charge is 2.03. The van der Waals surface area contributed by atoms with Crippen molar-refractivity contribution in [1.29, 1.82) is 5.41 Å². The number of amidine groups is 1. The molecule has 0 fully saturated rings. The lowest BCUT2D eigenvalue weighted by atomic mass is 10.1. The molecule has 5 heteroatoms. The maximum Gasteiger partial charge on any atom is 0.123 e. The second-order valence-corrected chi connectivity index (χ2v) is 4.01. The molecule has 0 bridgehead atoms. The summed E-state index contributed by atoms with van der Waals surface area (Å²) in [7, 11) is 0. The van der Waals surface area contributed by atoms with Crippen molar-refractivity contribution < 1.29 is 4.74 Å². The van der Waals surface area contributed by atoms with Crippen LogP contribution in [0.3, 0.4) is 0 Å². The van der Waals surface area contributed by atoms with Crippen LogP contribution in [0.2, 0.25) is 0 Å². The van der Waals surface area contributed by atoms with Gasteiger partial charge in [-0.1, -0.05) is 12.1 Å². The zero-order chi connectivity index (χ0) is 13.0. The molecule has 0 radical (unpaired) electrons. The third-order valence-corrected chi connectivity index (χ3v) is 2.64. The molecule has 1 aromatic heterocycles. The first-order chi connectivity index (χ1) is 8.66. The highest BCUT2D eigenvalue weighted by atomic mass is 16.5. The van der Waals surface area contributed by atoms with Crippen molar-refractivity contribution in [2.45, 2.75) is 13.5 Å². The average Bonchev–Trinajstić information content (AvgIpc) is 2.84. The summed E-state index contributed by atoms with van der Waals surface area (Å²) in [5, 5.41) is 11.5. The van der Waals surface area contributed by atoms with Gasteiger partial charge in [0, 0.05) is 18.0 Å². The van der Waals surface area contributed by atoms with E-state index in [1.54, 1.807) is 12.3 Å². The largest absolute Gasteiger partial charge is 0.491 e. The van der Waals surface area contributed by atoms with Crippen molar-refractivity contribution in [3.05, 3.63) is 47.8 Å². The highest BCUT2D eigenvalue weighted by molar-refractivity contribution is 5.95. The summed E-state index contributed by atoms with van der Waals surface area (Å²) >= 11 is 0. The average molecular weight is 244 g/mol. The van der Waals surface area contributed by atoms with Crippen molar-refractivity contribution in [3.8, 4) is 5.75 Å². The first-order valence-corrected chi connectivity index (χ1v) is 5.72. The number of nitrogens with zero attached hydrogens (tertiary/aromatic N) is 2. The number of nitrogens with one attached hydrogen (secondary N) is 1. The molecule has 1 heterocycles. The molecule has 0 aliphatic heterocycles.